The van der Waals surface area contributed by atoms with Crippen LogP contribution in [0.5, 0.6) is 0 Å². The Morgan fingerprint density at radius 1 is 1.33 bits per heavy atom. The Balaban J connectivity index is 2.64. The van der Waals surface area contributed by atoms with Gasteiger partial charge in [-0.1, -0.05) is 39.7 Å². The highest BCUT2D eigenvalue weighted by Gasteiger charge is 2.00. The Labute approximate surface area is 84.9 Å². The zero-order valence-corrected chi connectivity index (χ0v) is 8.73. The Bertz CT molecular complexity index is 268. The van der Waals surface area contributed by atoms with Crippen molar-refractivity contribution >= 4 is 33.3 Å². The van der Waals surface area contributed by atoms with E-state index >= 15 is 0 Å². The summed E-state index contributed by atoms with van der Waals surface area (Å²) < 4.78 is 0. The van der Waals surface area contributed by atoms with Gasteiger partial charge in [0.15, 0.2) is 0 Å². The van der Waals surface area contributed by atoms with Crippen molar-refractivity contribution < 1.29 is 4.79 Å². The molecule has 0 aliphatic carbocycles. The summed E-state index contributed by atoms with van der Waals surface area (Å²) in [5.41, 5.74) is 1.00. The van der Waals surface area contributed by atoms with Crippen LogP contribution in [0, 0.1) is 0 Å². The maximum absolute atomic E-state index is 11.0. The molecular formula is C9H8BrClO. The molecule has 0 fully saturated rings. The lowest BCUT2D eigenvalue weighted by molar-refractivity contribution is -0.115. The molecule has 0 spiro atoms. The minimum Gasteiger partial charge on any atom is -0.298 e. The first-order chi connectivity index (χ1) is 5.72. The number of alkyl halides is 1. The quantitative estimate of drug-likeness (QED) is 0.751. The molecular weight excluding hydrogens is 239 g/mol. The van der Waals surface area contributed by atoms with Gasteiger partial charge in [-0.05, 0) is 17.7 Å². The molecule has 12 heavy (non-hydrogen) atoms. The van der Waals surface area contributed by atoms with Crippen LogP contribution in [0.2, 0.25) is 5.02 Å². The van der Waals surface area contributed by atoms with Gasteiger partial charge in [-0.3, -0.25) is 4.79 Å². The van der Waals surface area contributed by atoms with Crippen LogP contribution < -0.4 is 0 Å². The molecule has 1 aromatic carbocycles. The molecule has 0 aliphatic rings. The molecule has 0 unspecified atom stereocenters. The minimum atomic E-state index is 0.178. The van der Waals surface area contributed by atoms with E-state index in [-0.39, 0.29) is 5.78 Å². The summed E-state index contributed by atoms with van der Waals surface area (Å²) in [5, 5.41) is 1.11. The van der Waals surface area contributed by atoms with E-state index < -0.39 is 0 Å². The fourth-order valence-electron chi connectivity index (χ4n) is 0.877. The van der Waals surface area contributed by atoms with Crippen LogP contribution in [0.15, 0.2) is 24.3 Å². The normalized spacial score (nSPS) is 9.83. The molecule has 0 aliphatic heterocycles. The molecule has 0 atom stereocenters. The average molecular weight is 248 g/mol. The van der Waals surface area contributed by atoms with Gasteiger partial charge in [0.05, 0.1) is 5.33 Å². The molecule has 64 valence electrons. The summed E-state index contributed by atoms with van der Waals surface area (Å²) in [6.45, 7) is 0. The lowest BCUT2D eigenvalue weighted by Crippen LogP contribution is -2.02. The number of carbonyl (C=O) groups is 1. The van der Waals surface area contributed by atoms with Crippen molar-refractivity contribution in [1.82, 2.24) is 0 Å². The van der Waals surface area contributed by atoms with Gasteiger partial charge in [0.2, 0.25) is 0 Å². The fraction of sp³-hybridized carbons (Fsp3) is 0.222. The zero-order valence-electron chi connectivity index (χ0n) is 6.39. The third-order valence-electron chi connectivity index (χ3n) is 1.46. The summed E-state index contributed by atoms with van der Waals surface area (Å²) >= 11 is 8.80. The number of halogens is 2. The summed E-state index contributed by atoms with van der Waals surface area (Å²) in [5.74, 6) is 0.178. The number of benzene rings is 1. The predicted molar refractivity (Wildman–Crippen MR) is 54.0 cm³/mol. The Kier molecular flexibility index (Phi) is 3.76. The fourth-order valence-corrected chi connectivity index (χ4v) is 1.20. The van der Waals surface area contributed by atoms with Crippen LogP contribution in [-0.2, 0) is 11.2 Å². The van der Waals surface area contributed by atoms with Gasteiger partial charge in [-0.2, -0.15) is 0 Å². The molecule has 0 heterocycles. The van der Waals surface area contributed by atoms with Gasteiger partial charge in [0.1, 0.15) is 5.78 Å². The van der Waals surface area contributed by atoms with Crippen molar-refractivity contribution in [2.24, 2.45) is 0 Å². The highest BCUT2D eigenvalue weighted by atomic mass is 79.9. The number of hydrogen-bond donors (Lipinski definition) is 0. The van der Waals surface area contributed by atoms with Gasteiger partial charge in [-0.15, -0.1) is 0 Å². The number of ketones is 1. The summed E-state index contributed by atoms with van der Waals surface area (Å²) in [7, 11) is 0. The molecule has 0 radical (unpaired) electrons. The van der Waals surface area contributed by atoms with E-state index in [0.29, 0.717) is 16.8 Å². The summed E-state index contributed by atoms with van der Waals surface area (Å²) in [6.07, 6.45) is 0.475. The van der Waals surface area contributed by atoms with Crippen molar-refractivity contribution in [3.63, 3.8) is 0 Å². The lowest BCUT2D eigenvalue weighted by atomic mass is 10.1. The van der Waals surface area contributed by atoms with Crippen molar-refractivity contribution in [1.29, 1.82) is 0 Å². The van der Waals surface area contributed by atoms with Crippen molar-refractivity contribution in [2.75, 3.05) is 5.33 Å². The molecule has 1 aromatic rings. The van der Waals surface area contributed by atoms with E-state index in [0.717, 1.165) is 5.56 Å². The van der Waals surface area contributed by atoms with Gasteiger partial charge >= 0.3 is 0 Å². The zero-order chi connectivity index (χ0) is 8.97. The molecule has 0 amide bonds. The van der Waals surface area contributed by atoms with Crippen LogP contribution in [0.4, 0.5) is 0 Å². The Morgan fingerprint density at radius 3 is 2.42 bits per heavy atom. The van der Waals surface area contributed by atoms with Gasteiger partial charge in [0.25, 0.3) is 0 Å². The van der Waals surface area contributed by atoms with Crippen molar-refractivity contribution in [3.05, 3.63) is 34.9 Å². The third kappa shape index (κ3) is 2.95. The van der Waals surface area contributed by atoms with Crippen LogP contribution >= 0.6 is 27.5 Å². The lowest BCUT2D eigenvalue weighted by Gasteiger charge is -1.97. The van der Waals surface area contributed by atoms with Gasteiger partial charge in [-0.25, -0.2) is 0 Å². The summed E-state index contributed by atoms with van der Waals surface area (Å²) in [6, 6.07) is 7.31. The monoisotopic (exact) mass is 246 g/mol. The van der Waals surface area contributed by atoms with Crippen LogP contribution in [-0.4, -0.2) is 11.1 Å². The van der Waals surface area contributed by atoms with Gasteiger partial charge < -0.3 is 0 Å². The van der Waals surface area contributed by atoms with E-state index in [4.69, 9.17) is 11.6 Å². The third-order valence-corrected chi connectivity index (χ3v) is 2.34. The predicted octanol–water partition coefficient (Wildman–Crippen LogP) is 2.85. The highest BCUT2D eigenvalue weighted by Crippen LogP contribution is 2.10. The number of Topliss-reactive ketones (excluding diaryl/α,β-unsaturated/α-hetero) is 1. The molecule has 3 heteroatoms. The van der Waals surface area contributed by atoms with Crippen molar-refractivity contribution in [3.8, 4) is 0 Å². The second-order valence-corrected chi connectivity index (χ2v) is 3.47. The number of rotatable bonds is 3. The number of hydrogen-bond acceptors (Lipinski definition) is 1. The largest absolute Gasteiger partial charge is 0.298 e. The molecule has 1 nitrogen and oxygen atoms in total. The summed E-state index contributed by atoms with van der Waals surface area (Å²) in [4.78, 5) is 11.0. The smallest absolute Gasteiger partial charge is 0.147 e. The second-order valence-electron chi connectivity index (χ2n) is 2.48. The van der Waals surface area contributed by atoms with E-state index in [1.54, 1.807) is 12.1 Å². The first-order valence-electron chi connectivity index (χ1n) is 3.54. The number of carbonyl (C=O) groups excluding carboxylic acids is 1. The topological polar surface area (TPSA) is 17.1 Å². The SMILES string of the molecule is O=C(CBr)Cc1ccc(Cl)cc1. The van der Waals surface area contributed by atoms with Crippen LogP contribution in [0.1, 0.15) is 5.56 Å². The van der Waals surface area contributed by atoms with Crippen LogP contribution in [0.25, 0.3) is 0 Å². The molecule has 0 bridgehead atoms. The van der Waals surface area contributed by atoms with Gasteiger partial charge in [0, 0.05) is 11.4 Å². The first kappa shape index (κ1) is 9.75. The maximum atomic E-state index is 11.0. The Morgan fingerprint density at radius 2 is 1.92 bits per heavy atom. The minimum absolute atomic E-state index is 0.178. The van der Waals surface area contributed by atoms with E-state index in [2.05, 4.69) is 15.9 Å². The van der Waals surface area contributed by atoms with Crippen molar-refractivity contribution in [2.45, 2.75) is 6.42 Å². The molecule has 0 saturated carbocycles. The molecule has 0 N–H and O–H groups in total. The Hall–Kier alpha value is -0.340. The second kappa shape index (κ2) is 4.63. The molecule has 0 aromatic heterocycles. The molecule has 1 rings (SSSR count). The average Bonchev–Trinajstić information content (AvgIpc) is 2.09. The standard InChI is InChI=1S/C9H8BrClO/c10-6-9(12)5-7-1-3-8(11)4-2-7/h1-4H,5-6H2. The van der Waals surface area contributed by atoms with E-state index in [1.165, 1.54) is 0 Å². The van der Waals surface area contributed by atoms with E-state index in [9.17, 15) is 4.79 Å². The maximum Gasteiger partial charge on any atom is 0.147 e. The van der Waals surface area contributed by atoms with E-state index in [1.807, 2.05) is 12.1 Å². The molecule has 0 saturated heterocycles. The van der Waals surface area contributed by atoms with Crippen LogP contribution in [0.3, 0.4) is 0 Å². The first-order valence-corrected chi connectivity index (χ1v) is 5.04. The highest BCUT2D eigenvalue weighted by molar-refractivity contribution is 9.09.